The van der Waals surface area contributed by atoms with Gasteiger partial charge in [-0.1, -0.05) is 5.21 Å². The lowest BCUT2D eigenvalue weighted by Gasteiger charge is -2.35. The molecule has 1 amide bonds. The van der Waals surface area contributed by atoms with E-state index in [4.69, 9.17) is 4.74 Å². The lowest BCUT2D eigenvalue weighted by Crippen LogP contribution is -2.50. The molecular weight excluding hydrogens is 262 g/mol. The molecule has 110 valence electrons. The number of hydrogen-bond donors (Lipinski definition) is 2. The predicted octanol–water partition coefficient (Wildman–Crippen LogP) is -1.36. The summed E-state index contributed by atoms with van der Waals surface area (Å²) in [7, 11) is 0. The molecule has 2 aliphatic rings. The van der Waals surface area contributed by atoms with Gasteiger partial charge in [0.15, 0.2) is 5.69 Å². The average molecular weight is 281 g/mol. The summed E-state index contributed by atoms with van der Waals surface area (Å²) < 4.78 is 7.26. The minimum Gasteiger partial charge on any atom is -0.394 e. The molecule has 0 aliphatic carbocycles. The third-order valence-corrected chi connectivity index (χ3v) is 3.68. The number of hydrogen-bond acceptors (Lipinski definition) is 6. The Balaban J connectivity index is 1.69. The van der Waals surface area contributed by atoms with Crippen molar-refractivity contribution in [2.24, 2.45) is 0 Å². The Morgan fingerprint density at radius 1 is 1.55 bits per heavy atom. The number of aliphatic hydroxyl groups excluding tert-OH is 1. The van der Waals surface area contributed by atoms with Crippen molar-refractivity contribution in [1.82, 2.24) is 25.2 Å². The molecule has 2 unspecified atom stereocenters. The monoisotopic (exact) mass is 281 g/mol. The maximum absolute atomic E-state index is 12.4. The largest absolute Gasteiger partial charge is 0.394 e. The first kappa shape index (κ1) is 13.5. The smallest absolute Gasteiger partial charge is 0.276 e. The topological polar surface area (TPSA) is 92.5 Å². The van der Waals surface area contributed by atoms with Gasteiger partial charge in [0.1, 0.15) is 0 Å². The minimum atomic E-state index is -0.325. The van der Waals surface area contributed by atoms with Gasteiger partial charge in [-0.3, -0.25) is 4.79 Å². The summed E-state index contributed by atoms with van der Waals surface area (Å²) in [4.78, 5) is 14.1. The van der Waals surface area contributed by atoms with E-state index in [1.165, 1.54) is 0 Å². The van der Waals surface area contributed by atoms with E-state index in [0.717, 1.165) is 13.1 Å². The van der Waals surface area contributed by atoms with Gasteiger partial charge in [-0.2, -0.15) is 0 Å². The van der Waals surface area contributed by atoms with E-state index in [0.29, 0.717) is 18.8 Å². The highest BCUT2D eigenvalue weighted by Gasteiger charge is 2.30. The van der Waals surface area contributed by atoms with Crippen LogP contribution in [0, 0.1) is 0 Å². The molecule has 0 radical (unpaired) electrons. The van der Waals surface area contributed by atoms with Crippen LogP contribution in [0.25, 0.3) is 0 Å². The van der Waals surface area contributed by atoms with E-state index in [2.05, 4.69) is 15.6 Å². The van der Waals surface area contributed by atoms with Crippen molar-refractivity contribution in [3.8, 4) is 0 Å². The Morgan fingerprint density at radius 2 is 2.35 bits per heavy atom. The second kappa shape index (κ2) is 5.47. The highest BCUT2D eigenvalue weighted by Crippen LogP contribution is 2.15. The van der Waals surface area contributed by atoms with Gasteiger partial charge in [-0.05, 0) is 6.92 Å². The predicted molar refractivity (Wildman–Crippen MR) is 69.3 cm³/mol. The summed E-state index contributed by atoms with van der Waals surface area (Å²) >= 11 is 0. The highest BCUT2D eigenvalue weighted by atomic mass is 16.5. The molecular formula is C12H19N5O3. The molecule has 8 nitrogen and oxygen atoms in total. The summed E-state index contributed by atoms with van der Waals surface area (Å²) in [5.41, 5.74) is 0.350. The van der Waals surface area contributed by atoms with E-state index >= 15 is 0 Å². The molecule has 3 rings (SSSR count). The van der Waals surface area contributed by atoms with Gasteiger partial charge in [0.25, 0.3) is 5.91 Å². The van der Waals surface area contributed by atoms with Crippen LogP contribution in [0.15, 0.2) is 6.20 Å². The van der Waals surface area contributed by atoms with E-state index < -0.39 is 0 Å². The molecule has 1 aromatic rings. The molecule has 2 saturated heterocycles. The summed E-state index contributed by atoms with van der Waals surface area (Å²) in [5.74, 6) is -0.155. The fourth-order valence-electron chi connectivity index (χ4n) is 2.49. The van der Waals surface area contributed by atoms with E-state index in [-0.39, 0.29) is 30.8 Å². The first-order chi connectivity index (χ1) is 9.67. The summed E-state index contributed by atoms with van der Waals surface area (Å²) in [6.07, 6.45) is 1.28. The van der Waals surface area contributed by atoms with Gasteiger partial charge in [-0.15, -0.1) is 5.10 Å². The van der Waals surface area contributed by atoms with Crippen LogP contribution >= 0.6 is 0 Å². The fourth-order valence-corrected chi connectivity index (χ4v) is 2.49. The van der Waals surface area contributed by atoms with Gasteiger partial charge in [0, 0.05) is 26.2 Å². The first-order valence-corrected chi connectivity index (χ1v) is 6.85. The van der Waals surface area contributed by atoms with Gasteiger partial charge in [-0.25, -0.2) is 4.68 Å². The molecule has 1 aromatic heterocycles. The summed E-state index contributed by atoms with van der Waals surface area (Å²) in [6, 6.07) is 0.290. The van der Waals surface area contributed by atoms with E-state index in [9.17, 15) is 9.90 Å². The van der Waals surface area contributed by atoms with Crippen LogP contribution in [0.1, 0.15) is 23.5 Å². The summed E-state index contributed by atoms with van der Waals surface area (Å²) in [6.45, 7) is 4.41. The fraction of sp³-hybridized carbons (Fsp3) is 0.750. The van der Waals surface area contributed by atoms with Crippen LogP contribution in [0.2, 0.25) is 0 Å². The molecule has 8 heteroatoms. The standard InChI is InChI=1S/C12H19N5O3/c1-8-4-16(5-10(7-18)20-8)12(19)11-6-17(15-14-11)9-2-13-3-9/h6,8-10,13,18H,2-5,7H2,1H3. The van der Waals surface area contributed by atoms with E-state index in [1.807, 2.05) is 6.92 Å². The number of amides is 1. The zero-order chi connectivity index (χ0) is 14.1. The summed E-state index contributed by atoms with van der Waals surface area (Å²) in [5, 5.41) is 20.3. The number of nitrogens with zero attached hydrogens (tertiary/aromatic N) is 4. The molecule has 3 heterocycles. The molecule has 0 aromatic carbocycles. The normalized spacial score (nSPS) is 27.4. The lowest BCUT2D eigenvalue weighted by molar-refractivity contribution is -0.0859. The Hall–Kier alpha value is -1.51. The third-order valence-electron chi connectivity index (χ3n) is 3.68. The van der Waals surface area contributed by atoms with Crippen LogP contribution in [0.5, 0.6) is 0 Å². The highest BCUT2D eigenvalue weighted by molar-refractivity contribution is 5.92. The number of carbonyl (C=O) groups is 1. The van der Waals surface area contributed by atoms with Crippen LogP contribution in [-0.4, -0.2) is 75.9 Å². The number of nitrogens with one attached hydrogen (secondary N) is 1. The van der Waals surface area contributed by atoms with Crippen molar-refractivity contribution in [2.75, 3.05) is 32.8 Å². The van der Waals surface area contributed by atoms with Crippen molar-refractivity contribution >= 4 is 5.91 Å². The van der Waals surface area contributed by atoms with Crippen LogP contribution in [0.3, 0.4) is 0 Å². The molecule has 0 bridgehead atoms. The molecule has 2 atom stereocenters. The number of carbonyl (C=O) groups excluding carboxylic acids is 1. The number of ether oxygens (including phenoxy) is 1. The van der Waals surface area contributed by atoms with Crippen molar-refractivity contribution in [3.63, 3.8) is 0 Å². The Morgan fingerprint density at radius 3 is 3.00 bits per heavy atom. The van der Waals surface area contributed by atoms with Crippen molar-refractivity contribution in [1.29, 1.82) is 0 Å². The van der Waals surface area contributed by atoms with Crippen LogP contribution < -0.4 is 5.32 Å². The van der Waals surface area contributed by atoms with Crippen LogP contribution in [0.4, 0.5) is 0 Å². The zero-order valence-corrected chi connectivity index (χ0v) is 11.4. The van der Waals surface area contributed by atoms with Gasteiger partial charge in [0.2, 0.25) is 0 Å². The van der Waals surface area contributed by atoms with E-state index in [1.54, 1.807) is 15.8 Å². The maximum atomic E-state index is 12.4. The van der Waals surface area contributed by atoms with Gasteiger partial charge < -0.3 is 20.1 Å². The molecule has 0 saturated carbocycles. The molecule has 2 fully saturated rings. The number of rotatable bonds is 3. The second-order valence-corrected chi connectivity index (χ2v) is 5.36. The number of aromatic nitrogens is 3. The molecule has 2 N–H and O–H groups in total. The molecule has 20 heavy (non-hydrogen) atoms. The number of aliphatic hydroxyl groups is 1. The maximum Gasteiger partial charge on any atom is 0.276 e. The van der Waals surface area contributed by atoms with Crippen molar-refractivity contribution in [2.45, 2.75) is 25.2 Å². The molecule has 0 spiro atoms. The number of morpholine rings is 1. The Labute approximate surface area is 116 Å². The minimum absolute atomic E-state index is 0.0873. The lowest BCUT2D eigenvalue weighted by atomic mass is 10.2. The Kier molecular flexibility index (Phi) is 3.68. The quantitative estimate of drug-likeness (QED) is 0.711. The SMILES string of the molecule is CC1CN(C(=O)c2cn(C3CNC3)nn2)CC(CO)O1. The Bertz CT molecular complexity index is 487. The van der Waals surface area contributed by atoms with Crippen LogP contribution in [-0.2, 0) is 4.74 Å². The zero-order valence-electron chi connectivity index (χ0n) is 11.4. The van der Waals surface area contributed by atoms with Gasteiger partial charge >= 0.3 is 0 Å². The molecule has 2 aliphatic heterocycles. The third kappa shape index (κ3) is 2.54. The van der Waals surface area contributed by atoms with Crippen molar-refractivity contribution in [3.05, 3.63) is 11.9 Å². The second-order valence-electron chi connectivity index (χ2n) is 5.36. The first-order valence-electron chi connectivity index (χ1n) is 6.85. The average Bonchev–Trinajstić information content (AvgIpc) is 2.84. The van der Waals surface area contributed by atoms with Crippen molar-refractivity contribution < 1.29 is 14.6 Å². The van der Waals surface area contributed by atoms with Gasteiger partial charge in [0.05, 0.1) is 31.1 Å².